The Labute approximate surface area is 131 Å². The van der Waals surface area contributed by atoms with Gasteiger partial charge < -0.3 is 4.98 Å². The predicted molar refractivity (Wildman–Crippen MR) is 87.9 cm³/mol. The SMILES string of the molecule is O=C(Cc1ccccc1)Nn1c(=S)[nH]c2ccccc2c1=O. The number of carbonyl (C=O) groups is 1. The molecule has 0 atom stereocenters. The van der Waals surface area contributed by atoms with Crippen LogP contribution >= 0.6 is 12.2 Å². The number of benzene rings is 2. The molecule has 0 radical (unpaired) electrons. The fraction of sp³-hybridized carbons (Fsp3) is 0.0625. The number of nitrogens with zero attached hydrogens (tertiary/aromatic N) is 1. The average molecular weight is 311 g/mol. The first-order chi connectivity index (χ1) is 10.6. The Balaban J connectivity index is 1.92. The molecule has 5 nitrogen and oxygen atoms in total. The Morgan fingerprint density at radius 2 is 1.77 bits per heavy atom. The summed E-state index contributed by atoms with van der Waals surface area (Å²) < 4.78 is 1.23. The molecule has 3 rings (SSSR count). The van der Waals surface area contributed by atoms with Gasteiger partial charge in [-0.25, -0.2) is 0 Å². The number of H-pyrrole nitrogens is 1. The van der Waals surface area contributed by atoms with Crippen LogP contribution in [0.2, 0.25) is 0 Å². The molecule has 0 saturated carbocycles. The quantitative estimate of drug-likeness (QED) is 0.730. The van der Waals surface area contributed by atoms with Crippen LogP contribution in [0.1, 0.15) is 5.56 Å². The van der Waals surface area contributed by atoms with Crippen molar-refractivity contribution >= 4 is 29.0 Å². The smallest absolute Gasteiger partial charge is 0.281 e. The minimum Gasteiger partial charge on any atom is -0.330 e. The number of rotatable bonds is 3. The molecule has 22 heavy (non-hydrogen) atoms. The van der Waals surface area contributed by atoms with E-state index < -0.39 is 0 Å². The second-order valence-electron chi connectivity index (χ2n) is 4.81. The van der Waals surface area contributed by atoms with Crippen molar-refractivity contribution in [2.75, 3.05) is 5.43 Å². The molecule has 1 amide bonds. The van der Waals surface area contributed by atoms with Crippen LogP contribution in [-0.4, -0.2) is 15.6 Å². The van der Waals surface area contributed by atoms with Crippen LogP contribution < -0.4 is 11.0 Å². The summed E-state index contributed by atoms with van der Waals surface area (Å²) >= 11 is 5.14. The molecule has 2 N–H and O–H groups in total. The van der Waals surface area contributed by atoms with E-state index in [2.05, 4.69) is 10.4 Å². The maximum absolute atomic E-state index is 12.4. The molecule has 0 spiro atoms. The summed E-state index contributed by atoms with van der Waals surface area (Å²) in [5.74, 6) is -0.303. The van der Waals surface area contributed by atoms with Crippen molar-refractivity contribution < 1.29 is 4.79 Å². The van der Waals surface area contributed by atoms with E-state index in [0.29, 0.717) is 10.9 Å². The Bertz CT molecular complexity index is 945. The van der Waals surface area contributed by atoms with Crippen molar-refractivity contribution in [2.24, 2.45) is 0 Å². The van der Waals surface area contributed by atoms with E-state index in [0.717, 1.165) is 10.2 Å². The van der Waals surface area contributed by atoms with E-state index in [1.807, 2.05) is 36.4 Å². The minimum absolute atomic E-state index is 0.158. The highest BCUT2D eigenvalue weighted by Gasteiger charge is 2.09. The molecule has 0 fully saturated rings. The molecule has 1 aromatic heterocycles. The standard InChI is InChI=1S/C16H13N3O2S/c20-14(10-11-6-2-1-3-7-11)18-19-15(21)12-8-4-5-9-13(12)17-16(19)22/h1-9H,10H2,(H,17,22)(H,18,20). The van der Waals surface area contributed by atoms with Crippen molar-refractivity contribution in [3.8, 4) is 0 Å². The molecule has 3 aromatic rings. The van der Waals surface area contributed by atoms with Gasteiger partial charge in [-0.1, -0.05) is 42.5 Å². The van der Waals surface area contributed by atoms with Gasteiger partial charge in [0.15, 0.2) is 4.77 Å². The van der Waals surface area contributed by atoms with Crippen molar-refractivity contribution in [1.82, 2.24) is 9.66 Å². The van der Waals surface area contributed by atoms with Crippen LogP contribution in [0, 0.1) is 4.77 Å². The van der Waals surface area contributed by atoms with E-state index in [9.17, 15) is 9.59 Å². The second-order valence-corrected chi connectivity index (χ2v) is 5.20. The van der Waals surface area contributed by atoms with Crippen molar-refractivity contribution in [1.29, 1.82) is 0 Å². The largest absolute Gasteiger partial charge is 0.330 e. The summed E-state index contributed by atoms with van der Waals surface area (Å²) in [7, 11) is 0. The predicted octanol–water partition coefficient (Wildman–Crippen LogP) is 2.37. The number of aromatic nitrogens is 2. The Morgan fingerprint density at radius 3 is 2.55 bits per heavy atom. The van der Waals surface area contributed by atoms with Crippen molar-refractivity contribution in [3.05, 3.63) is 75.3 Å². The molecule has 1 heterocycles. The van der Waals surface area contributed by atoms with Crippen molar-refractivity contribution in [2.45, 2.75) is 6.42 Å². The number of aromatic amines is 1. The Kier molecular flexibility index (Phi) is 3.84. The molecule has 2 aromatic carbocycles. The van der Waals surface area contributed by atoms with Crippen LogP contribution in [-0.2, 0) is 11.2 Å². The van der Waals surface area contributed by atoms with Gasteiger partial charge in [0.1, 0.15) is 0 Å². The third-order valence-corrected chi connectivity index (χ3v) is 3.53. The summed E-state index contributed by atoms with van der Waals surface area (Å²) in [5.41, 5.74) is 3.71. The summed E-state index contributed by atoms with van der Waals surface area (Å²) in [6.07, 6.45) is 0.175. The molecular weight excluding hydrogens is 298 g/mol. The lowest BCUT2D eigenvalue weighted by molar-refractivity contribution is -0.116. The van der Waals surface area contributed by atoms with E-state index in [4.69, 9.17) is 12.2 Å². The van der Waals surface area contributed by atoms with Crippen molar-refractivity contribution in [3.63, 3.8) is 0 Å². The van der Waals surface area contributed by atoms with Gasteiger partial charge in [-0.3, -0.25) is 15.0 Å². The topological polar surface area (TPSA) is 66.9 Å². The zero-order chi connectivity index (χ0) is 15.5. The zero-order valence-electron chi connectivity index (χ0n) is 11.6. The van der Waals surface area contributed by atoms with E-state index in [-0.39, 0.29) is 22.7 Å². The van der Waals surface area contributed by atoms with E-state index in [1.54, 1.807) is 18.2 Å². The van der Waals surface area contributed by atoms with Gasteiger partial charge in [0.2, 0.25) is 5.91 Å². The molecule has 0 bridgehead atoms. The van der Waals surface area contributed by atoms with Gasteiger partial charge in [-0.05, 0) is 29.9 Å². The van der Waals surface area contributed by atoms with E-state index >= 15 is 0 Å². The highest BCUT2D eigenvalue weighted by molar-refractivity contribution is 7.71. The minimum atomic E-state index is -0.347. The van der Waals surface area contributed by atoms with Gasteiger partial charge in [0, 0.05) is 0 Å². The molecule has 0 aliphatic rings. The number of carbonyl (C=O) groups excluding carboxylic acids is 1. The molecule has 0 aliphatic carbocycles. The number of para-hydroxylation sites is 1. The first kappa shape index (κ1) is 14.2. The molecule has 110 valence electrons. The third-order valence-electron chi connectivity index (χ3n) is 3.25. The van der Waals surface area contributed by atoms with Crippen LogP contribution in [0.3, 0.4) is 0 Å². The Morgan fingerprint density at radius 1 is 1.09 bits per heavy atom. The maximum atomic E-state index is 12.4. The van der Waals surface area contributed by atoms with Crippen LogP contribution in [0.4, 0.5) is 0 Å². The second kappa shape index (κ2) is 5.95. The number of amides is 1. The number of hydrogen-bond acceptors (Lipinski definition) is 3. The average Bonchev–Trinajstić information content (AvgIpc) is 2.52. The lowest BCUT2D eigenvalue weighted by Crippen LogP contribution is -2.35. The number of fused-ring (bicyclic) bond motifs is 1. The van der Waals surface area contributed by atoms with Gasteiger partial charge in [0.25, 0.3) is 5.56 Å². The fourth-order valence-corrected chi connectivity index (χ4v) is 2.45. The molecule has 0 unspecified atom stereocenters. The summed E-state index contributed by atoms with van der Waals surface area (Å²) in [6, 6.07) is 16.3. The maximum Gasteiger partial charge on any atom is 0.281 e. The summed E-state index contributed by atoms with van der Waals surface area (Å²) in [5, 5.41) is 0.469. The highest BCUT2D eigenvalue weighted by Crippen LogP contribution is 2.05. The third kappa shape index (κ3) is 2.82. The van der Waals surface area contributed by atoms with Gasteiger partial charge in [0.05, 0.1) is 17.3 Å². The van der Waals surface area contributed by atoms with Gasteiger partial charge in [-0.15, -0.1) is 0 Å². The summed E-state index contributed by atoms with van der Waals surface area (Å²) in [4.78, 5) is 27.4. The van der Waals surface area contributed by atoms with Crippen LogP contribution in [0.5, 0.6) is 0 Å². The highest BCUT2D eigenvalue weighted by atomic mass is 32.1. The molecule has 6 heteroatoms. The zero-order valence-corrected chi connectivity index (χ0v) is 12.4. The summed E-state index contributed by atoms with van der Waals surface area (Å²) in [6.45, 7) is 0. The monoisotopic (exact) mass is 311 g/mol. The van der Waals surface area contributed by atoms with E-state index in [1.165, 1.54) is 0 Å². The number of hydrogen-bond donors (Lipinski definition) is 2. The van der Waals surface area contributed by atoms with Crippen LogP contribution in [0.15, 0.2) is 59.4 Å². The lowest BCUT2D eigenvalue weighted by Gasteiger charge is -2.09. The normalized spacial score (nSPS) is 10.5. The first-order valence-electron chi connectivity index (χ1n) is 6.73. The molecule has 0 saturated heterocycles. The number of nitrogens with one attached hydrogen (secondary N) is 2. The fourth-order valence-electron chi connectivity index (χ4n) is 2.21. The lowest BCUT2D eigenvalue weighted by atomic mass is 10.1. The molecular formula is C16H13N3O2S. The van der Waals surface area contributed by atoms with Gasteiger partial charge in [-0.2, -0.15) is 4.68 Å². The first-order valence-corrected chi connectivity index (χ1v) is 7.14. The Hall–Kier alpha value is -2.73. The van der Waals surface area contributed by atoms with Crippen LogP contribution in [0.25, 0.3) is 10.9 Å². The van der Waals surface area contributed by atoms with Gasteiger partial charge >= 0.3 is 0 Å². The molecule has 0 aliphatic heterocycles.